The van der Waals surface area contributed by atoms with E-state index in [0.29, 0.717) is 95.0 Å². The van der Waals surface area contributed by atoms with Gasteiger partial charge in [-0.25, -0.2) is 4.79 Å². The average molecular weight is 1620 g/mol. The first-order valence-corrected chi connectivity index (χ1v) is 41.9. The van der Waals surface area contributed by atoms with Crippen molar-refractivity contribution in [2.45, 2.75) is 284 Å². The molecule has 0 bridgehead atoms. The molecule has 0 aliphatic rings. The van der Waals surface area contributed by atoms with Crippen LogP contribution in [0, 0.1) is 10.8 Å². The molecular formula is C86H138N8O21. The van der Waals surface area contributed by atoms with Crippen molar-refractivity contribution in [3.8, 4) is 0 Å². The van der Waals surface area contributed by atoms with Crippen LogP contribution in [0.1, 0.15) is 298 Å². The molecule has 2 amide bonds. The number of azide groups is 2. The number of unbranched alkanes of at least 4 members (excludes halogenated alkanes) is 20. The van der Waals surface area contributed by atoms with Crippen LogP contribution in [-0.2, 0) is 98.8 Å². The van der Waals surface area contributed by atoms with Gasteiger partial charge in [0.2, 0.25) is 5.91 Å². The average Bonchev–Trinajstić information content (AvgIpc) is 0.862. The number of rotatable bonds is 79. The predicted octanol–water partition coefficient (Wildman–Crippen LogP) is 17.0. The van der Waals surface area contributed by atoms with Crippen LogP contribution in [0.3, 0.4) is 0 Å². The van der Waals surface area contributed by atoms with E-state index in [-0.39, 0.29) is 185 Å². The van der Waals surface area contributed by atoms with Gasteiger partial charge in [-0.1, -0.05) is 182 Å². The van der Waals surface area contributed by atoms with Crippen LogP contribution in [0.5, 0.6) is 0 Å². The van der Waals surface area contributed by atoms with E-state index in [0.717, 1.165) is 159 Å². The summed E-state index contributed by atoms with van der Waals surface area (Å²) in [5.74, 6) is 0.455. The molecular weight excluding hydrogens is 1480 g/mol. The van der Waals surface area contributed by atoms with Gasteiger partial charge in [0, 0.05) is 115 Å². The molecule has 2 N–H and O–H groups in total. The highest BCUT2D eigenvalue weighted by Gasteiger charge is 2.36. The molecule has 648 valence electrons. The summed E-state index contributed by atoms with van der Waals surface area (Å²) in [6, 6.07) is 14.4. The highest BCUT2D eigenvalue weighted by molar-refractivity contribution is 5.96. The highest BCUT2D eigenvalue weighted by Crippen LogP contribution is 2.29. The number of nitrogens with one attached hydrogen (secondary N) is 2. The summed E-state index contributed by atoms with van der Waals surface area (Å²) in [4.78, 5) is 138. The fraction of sp³-hybridized carbons (Fsp3) is 0.733. The lowest BCUT2D eigenvalue weighted by Gasteiger charge is -2.33. The molecule has 0 aliphatic heterocycles. The maximum absolute atomic E-state index is 13.7. The van der Waals surface area contributed by atoms with E-state index in [1.165, 1.54) is 0 Å². The number of alkyl carbamates (subject to hydrolysis) is 1. The predicted molar refractivity (Wildman–Crippen MR) is 438 cm³/mol. The van der Waals surface area contributed by atoms with Crippen molar-refractivity contribution in [1.29, 1.82) is 0 Å². The summed E-state index contributed by atoms with van der Waals surface area (Å²) in [6.07, 6.45) is 27.1. The number of hydrogen-bond donors (Lipinski definition) is 2. The Morgan fingerprint density at radius 1 is 0.365 bits per heavy atom. The molecule has 0 saturated heterocycles. The largest absolute Gasteiger partial charge is 0.465 e. The van der Waals surface area contributed by atoms with Crippen molar-refractivity contribution in [2.24, 2.45) is 21.1 Å². The molecule has 29 heteroatoms. The number of benzene rings is 2. The SMILES string of the molecule is CCCCCC(=O)CCOCC(COCCC(=O)CCCCNC(=O)OC(C)(C)C)(COCCC(=O)NCCCC)CC(=O)CCCCCCCCCCCC(=O)c1ccc(CN=[N+]=[N-])cc1.[N-]=[N+]=NCc1ccc(C(=O)CCCCCCCCCCCC(=O)CC(COCCOC=O)(COCCOC=O)COCCOC=O)cc1. The van der Waals surface area contributed by atoms with E-state index in [1.807, 2.05) is 24.3 Å². The lowest BCUT2D eigenvalue weighted by molar-refractivity contribution is -0.136. The minimum absolute atomic E-state index is 0.0401. The summed E-state index contributed by atoms with van der Waals surface area (Å²) in [7, 11) is 0. The normalized spacial score (nSPS) is 11.7. The molecule has 1 unspecified atom stereocenters. The van der Waals surface area contributed by atoms with Gasteiger partial charge >= 0.3 is 6.09 Å². The van der Waals surface area contributed by atoms with Crippen molar-refractivity contribution in [2.75, 3.05) is 112 Å². The van der Waals surface area contributed by atoms with Crippen LogP contribution < -0.4 is 10.6 Å². The van der Waals surface area contributed by atoms with E-state index in [4.69, 9.17) is 44.2 Å². The number of ether oxygens (including phenoxy) is 10. The molecule has 0 saturated carbocycles. The van der Waals surface area contributed by atoms with Gasteiger partial charge in [-0.15, -0.1) is 0 Å². The molecule has 0 radical (unpaired) electrons. The summed E-state index contributed by atoms with van der Waals surface area (Å²) < 4.78 is 54.8. The Labute approximate surface area is 683 Å². The Balaban J connectivity index is 0.00000121. The van der Waals surface area contributed by atoms with Gasteiger partial charge in [-0.3, -0.25) is 47.9 Å². The minimum atomic E-state index is -0.874. The molecule has 0 aliphatic carbocycles. The van der Waals surface area contributed by atoms with Crippen LogP contribution in [0.2, 0.25) is 0 Å². The van der Waals surface area contributed by atoms with Gasteiger partial charge in [-0.05, 0) is 94.3 Å². The van der Waals surface area contributed by atoms with Crippen LogP contribution >= 0.6 is 0 Å². The number of hydrogen-bond acceptors (Lipinski definition) is 23. The summed E-state index contributed by atoms with van der Waals surface area (Å²) in [5, 5.41) is 12.7. The highest BCUT2D eigenvalue weighted by atomic mass is 16.6. The smallest absolute Gasteiger partial charge is 0.407 e. The van der Waals surface area contributed by atoms with E-state index < -0.39 is 22.5 Å². The van der Waals surface area contributed by atoms with Gasteiger partial charge in [0.15, 0.2) is 11.6 Å². The Bertz CT molecular complexity index is 2990. The third-order valence-corrected chi connectivity index (χ3v) is 18.7. The summed E-state index contributed by atoms with van der Waals surface area (Å²) in [6.45, 7) is 13.9. The molecule has 0 aromatic heterocycles. The zero-order valence-corrected chi connectivity index (χ0v) is 70.0. The molecule has 0 heterocycles. The quantitative estimate of drug-likeness (QED) is 0.0118. The number of ketones is 6. The van der Waals surface area contributed by atoms with Crippen LogP contribution in [-0.4, -0.2) is 184 Å². The fourth-order valence-corrected chi connectivity index (χ4v) is 12.4. The number of carbonyl (C=O) groups is 11. The van der Waals surface area contributed by atoms with Crippen LogP contribution in [0.15, 0.2) is 58.8 Å². The molecule has 2 aromatic carbocycles. The van der Waals surface area contributed by atoms with Gasteiger partial charge < -0.3 is 58.0 Å². The Morgan fingerprint density at radius 2 is 0.678 bits per heavy atom. The number of amides is 2. The minimum Gasteiger partial charge on any atom is -0.465 e. The van der Waals surface area contributed by atoms with Crippen molar-refractivity contribution in [1.82, 2.24) is 10.6 Å². The van der Waals surface area contributed by atoms with Gasteiger partial charge in [0.05, 0.1) is 92.4 Å². The second kappa shape index (κ2) is 71.3. The molecule has 0 fully saturated rings. The van der Waals surface area contributed by atoms with Crippen LogP contribution in [0.4, 0.5) is 4.79 Å². The van der Waals surface area contributed by atoms with Crippen LogP contribution in [0.25, 0.3) is 20.9 Å². The molecule has 2 rings (SSSR count). The number of carbonyl (C=O) groups excluding carboxylic acids is 11. The molecule has 29 nitrogen and oxygen atoms in total. The molecule has 1 atom stereocenters. The first kappa shape index (κ1) is 105. The van der Waals surface area contributed by atoms with Gasteiger partial charge in [0.1, 0.15) is 48.6 Å². The maximum Gasteiger partial charge on any atom is 0.407 e. The lowest BCUT2D eigenvalue weighted by atomic mass is 9.83. The monoisotopic (exact) mass is 1620 g/mol. The molecule has 0 spiro atoms. The van der Waals surface area contributed by atoms with E-state index in [1.54, 1.807) is 45.0 Å². The first-order valence-electron chi connectivity index (χ1n) is 41.9. The topological polar surface area (TPSA) is 402 Å². The Hall–Kier alpha value is -8.01. The second-order valence-corrected chi connectivity index (χ2v) is 30.4. The summed E-state index contributed by atoms with van der Waals surface area (Å²) >= 11 is 0. The first-order chi connectivity index (χ1) is 55.7. The van der Waals surface area contributed by atoms with Gasteiger partial charge in [-0.2, -0.15) is 0 Å². The van der Waals surface area contributed by atoms with Crippen molar-refractivity contribution < 1.29 is 100 Å². The third kappa shape index (κ3) is 61.1. The lowest BCUT2D eigenvalue weighted by Crippen LogP contribution is -2.40. The zero-order chi connectivity index (χ0) is 84.4. The second-order valence-electron chi connectivity index (χ2n) is 30.4. The Morgan fingerprint density at radius 3 is 1.03 bits per heavy atom. The van der Waals surface area contributed by atoms with Crippen molar-refractivity contribution in [3.05, 3.63) is 91.7 Å². The van der Waals surface area contributed by atoms with Crippen molar-refractivity contribution >= 4 is 66.1 Å². The zero-order valence-electron chi connectivity index (χ0n) is 70.0. The van der Waals surface area contributed by atoms with Gasteiger partial charge in [0.25, 0.3) is 19.4 Å². The third-order valence-electron chi connectivity index (χ3n) is 18.7. The van der Waals surface area contributed by atoms with E-state index in [9.17, 15) is 52.7 Å². The number of Topliss-reactive ketones (excluding diaryl/α,β-unsaturated/α-hetero) is 6. The molecule has 115 heavy (non-hydrogen) atoms. The van der Waals surface area contributed by atoms with E-state index >= 15 is 0 Å². The summed E-state index contributed by atoms with van der Waals surface area (Å²) in [5.41, 5.74) is 17.7. The maximum atomic E-state index is 13.7. The molecule has 2 aromatic rings. The van der Waals surface area contributed by atoms with E-state index in [2.05, 4.69) is 58.7 Å². The Kier molecular flexibility index (Phi) is 65.1. The fourth-order valence-electron chi connectivity index (χ4n) is 12.4. The number of nitrogens with zero attached hydrogens (tertiary/aromatic N) is 6. The standard InChI is InChI=1S/C52H87N5O10.C34H51N3O11/c1-6-8-17-22-45(58)30-35-64-40-52(42-66-37-32-49(62)54-33-9-7-2,41-65-36-31-46(59)23-20-21-34-55-50(63)67-51(3,4)5)38-47(60)24-18-15-13-11-10-12-14-16-19-25-48(61)44-28-26-43(27-29-44)39-56-57-53;35-37-36-23-30-12-14-31(15-13-30)33(42)11-9-7-5-3-1-2-4-6-8-10-32(41)22-34(24-43-16-19-46-27-38,25-44-17-20-47-28-39)26-45-18-21-48-29-40/h26-29H,6-25,30-42H2,1-5H3,(H,54,62)(H,55,63);12-15,27-29H,1-11,16-26H2. The van der Waals surface area contributed by atoms with Crippen molar-refractivity contribution in [3.63, 3.8) is 0 Å².